The fourth-order valence-corrected chi connectivity index (χ4v) is 5.08. The van der Waals surface area contributed by atoms with Crippen molar-refractivity contribution in [1.82, 2.24) is 10.4 Å². The highest BCUT2D eigenvalue weighted by atomic mass is 35.5. The van der Waals surface area contributed by atoms with E-state index >= 15 is 0 Å². The molecule has 4 aromatic carbocycles. The molecule has 0 aliphatic heterocycles. The van der Waals surface area contributed by atoms with Crippen molar-refractivity contribution in [3.05, 3.63) is 130 Å². The number of benzene rings is 4. The van der Waals surface area contributed by atoms with Crippen molar-refractivity contribution in [1.29, 1.82) is 0 Å². The summed E-state index contributed by atoms with van der Waals surface area (Å²) in [5.41, 5.74) is 10.1. The molecule has 1 heterocycles. The lowest BCUT2D eigenvalue weighted by Crippen LogP contribution is -2.20. The molecule has 0 saturated carbocycles. The number of fused-ring (bicyclic) bond motifs is 1. The van der Waals surface area contributed by atoms with E-state index in [1.54, 1.807) is 25.1 Å². The van der Waals surface area contributed by atoms with Crippen LogP contribution in [0.15, 0.2) is 102 Å². The van der Waals surface area contributed by atoms with E-state index in [1.807, 2.05) is 66.7 Å². The van der Waals surface area contributed by atoms with E-state index in [4.69, 9.17) is 16.6 Å². The number of rotatable bonds is 7. The molecular formula is C37H35ClN4O2. The number of halogens is 1. The number of pyridine rings is 1. The quantitative estimate of drug-likeness (QED) is 0.144. The number of carbonyl (C=O) groups is 2. The molecule has 6 nitrogen and oxygen atoms in total. The van der Waals surface area contributed by atoms with Gasteiger partial charge in [-0.05, 0) is 71.8 Å². The molecule has 0 atom stereocenters. The molecule has 7 heteroatoms. The summed E-state index contributed by atoms with van der Waals surface area (Å²) >= 11 is 6.51. The number of hydrogen-bond donors (Lipinski definition) is 2. The first-order chi connectivity index (χ1) is 21.0. The largest absolute Gasteiger partial charge is 0.322 e. The second-order valence-corrected chi connectivity index (χ2v) is 12.1. The lowest BCUT2D eigenvalue weighted by molar-refractivity contribution is 0.0955. The molecule has 0 aliphatic rings. The van der Waals surface area contributed by atoms with Crippen molar-refractivity contribution < 1.29 is 9.59 Å². The van der Waals surface area contributed by atoms with Crippen LogP contribution in [-0.2, 0) is 11.8 Å². The van der Waals surface area contributed by atoms with E-state index in [-0.39, 0.29) is 17.2 Å². The summed E-state index contributed by atoms with van der Waals surface area (Å²) in [6.07, 6.45) is 0.934. The van der Waals surface area contributed by atoms with E-state index in [2.05, 4.69) is 55.7 Å². The van der Waals surface area contributed by atoms with Crippen LogP contribution in [0.2, 0.25) is 5.02 Å². The number of carbonyl (C=O) groups excluding carboxylic acids is 2. The Morgan fingerprint density at radius 1 is 0.841 bits per heavy atom. The summed E-state index contributed by atoms with van der Waals surface area (Å²) < 4.78 is 0. The Kier molecular flexibility index (Phi) is 8.93. The lowest BCUT2D eigenvalue weighted by Gasteiger charge is -2.19. The highest BCUT2D eigenvalue weighted by molar-refractivity contribution is 6.35. The smallest absolute Gasteiger partial charge is 0.272 e. The lowest BCUT2D eigenvalue weighted by atomic mass is 9.87. The maximum atomic E-state index is 13.5. The van der Waals surface area contributed by atoms with E-state index < -0.39 is 0 Å². The van der Waals surface area contributed by atoms with Crippen LogP contribution in [0.25, 0.3) is 22.2 Å². The van der Waals surface area contributed by atoms with Crippen molar-refractivity contribution in [3.63, 3.8) is 0 Å². The molecule has 0 bridgehead atoms. The second-order valence-electron chi connectivity index (χ2n) is 11.7. The fraction of sp³-hybridized carbons (Fsp3) is 0.189. The molecule has 2 amide bonds. The zero-order valence-electron chi connectivity index (χ0n) is 25.5. The molecule has 222 valence electrons. The van der Waals surface area contributed by atoms with Crippen LogP contribution < -0.4 is 10.7 Å². The third-order valence-corrected chi connectivity index (χ3v) is 7.87. The SMILES string of the molecule is CCc1ccc(-c2cc(C(=O)NN=C(C)c3cccc(NC(=O)c4ccc(C(C)(C)C)cc4)c3)c3cccc(Cl)c3n2)cc1. The van der Waals surface area contributed by atoms with Crippen LogP contribution in [-0.4, -0.2) is 22.5 Å². The normalized spacial score (nSPS) is 11.8. The van der Waals surface area contributed by atoms with Crippen LogP contribution in [0, 0.1) is 0 Å². The number of amides is 2. The molecule has 44 heavy (non-hydrogen) atoms. The molecule has 2 N–H and O–H groups in total. The van der Waals surface area contributed by atoms with Gasteiger partial charge in [-0.3, -0.25) is 9.59 Å². The minimum atomic E-state index is -0.381. The maximum Gasteiger partial charge on any atom is 0.272 e. The van der Waals surface area contributed by atoms with Gasteiger partial charge in [0, 0.05) is 22.2 Å². The van der Waals surface area contributed by atoms with Gasteiger partial charge < -0.3 is 5.32 Å². The summed E-state index contributed by atoms with van der Waals surface area (Å²) in [7, 11) is 0. The number of hydrogen-bond acceptors (Lipinski definition) is 4. The first-order valence-electron chi connectivity index (χ1n) is 14.6. The Balaban J connectivity index is 1.36. The van der Waals surface area contributed by atoms with Crippen molar-refractivity contribution in [2.24, 2.45) is 5.10 Å². The summed E-state index contributed by atoms with van der Waals surface area (Å²) in [6.45, 7) is 10.3. The Morgan fingerprint density at radius 3 is 2.23 bits per heavy atom. The van der Waals surface area contributed by atoms with Gasteiger partial charge in [-0.2, -0.15) is 5.10 Å². The molecule has 0 fully saturated rings. The number of para-hydroxylation sites is 1. The Hall–Kier alpha value is -4.81. The summed E-state index contributed by atoms with van der Waals surface area (Å²) in [6, 6.07) is 30.3. The number of aromatic nitrogens is 1. The number of hydrazone groups is 1. The third kappa shape index (κ3) is 6.87. The third-order valence-electron chi connectivity index (χ3n) is 7.57. The maximum absolute atomic E-state index is 13.5. The molecule has 1 aromatic heterocycles. The molecule has 0 saturated heterocycles. The average molecular weight is 603 g/mol. The van der Waals surface area contributed by atoms with E-state index in [9.17, 15) is 9.59 Å². The van der Waals surface area contributed by atoms with E-state index in [0.29, 0.717) is 44.1 Å². The first-order valence-corrected chi connectivity index (χ1v) is 15.0. The second kappa shape index (κ2) is 12.8. The van der Waals surface area contributed by atoms with Crippen LogP contribution >= 0.6 is 11.6 Å². The van der Waals surface area contributed by atoms with Gasteiger partial charge in [0.05, 0.1) is 27.5 Å². The Morgan fingerprint density at radius 2 is 1.55 bits per heavy atom. The van der Waals surface area contributed by atoms with E-state index in [1.165, 1.54) is 5.56 Å². The van der Waals surface area contributed by atoms with Gasteiger partial charge in [0.15, 0.2) is 0 Å². The summed E-state index contributed by atoms with van der Waals surface area (Å²) in [5, 5.41) is 8.44. The standard InChI is InChI=1S/C37H35ClN4O2/c1-6-24-13-15-25(16-14-24)33-22-31(30-11-8-12-32(38)34(30)40-33)36(44)42-41-23(2)27-9-7-10-29(21-27)39-35(43)26-17-19-28(20-18-26)37(3,4)5/h7-22H,6H2,1-5H3,(H,39,43)(H,42,44). The zero-order valence-corrected chi connectivity index (χ0v) is 26.3. The van der Waals surface area contributed by atoms with Gasteiger partial charge in [-0.1, -0.05) is 100.0 Å². The number of aryl methyl sites for hydroxylation is 1. The van der Waals surface area contributed by atoms with Gasteiger partial charge in [0.1, 0.15) is 0 Å². The van der Waals surface area contributed by atoms with Gasteiger partial charge in [-0.15, -0.1) is 0 Å². The zero-order chi connectivity index (χ0) is 31.4. The van der Waals surface area contributed by atoms with Gasteiger partial charge in [0.25, 0.3) is 11.8 Å². The van der Waals surface area contributed by atoms with Gasteiger partial charge in [-0.25, -0.2) is 10.4 Å². The van der Waals surface area contributed by atoms with Crippen molar-refractivity contribution >= 4 is 45.7 Å². The monoisotopic (exact) mass is 602 g/mol. The van der Waals surface area contributed by atoms with Crippen LogP contribution in [0.1, 0.15) is 72.0 Å². The Bertz CT molecular complexity index is 1870. The molecule has 0 unspecified atom stereocenters. The highest BCUT2D eigenvalue weighted by Gasteiger charge is 2.17. The molecule has 0 radical (unpaired) electrons. The molecule has 5 aromatic rings. The van der Waals surface area contributed by atoms with Crippen molar-refractivity contribution in [3.8, 4) is 11.3 Å². The van der Waals surface area contributed by atoms with E-state index in [0.717, 1.165) is 23.1 Å². The van der Waals surface area contributed by atoms with Crippen molar-refractivity contribution in [2.45, 2.75) is 46.5 Å². The number of nitrogens with one attached hydrogen (secondary N) is 2. The van der Waals surface area contributed by atoms with Gasteiger partial charge in [0.2, 0.25) is 0 Å². The predicted molar refractivity (Wildman–Crippen MR) is 181 cm³/mol. The minimum absolute atomic E-state index is 0.0101. The van der Waals surface area contributed by atoms with Crippen LogP contribution in [0.3, 0.4) is 0 Å². The molecule has 5 rings (SSSR count). The Labute approximate surface area is 263 Å². The number of anilines is 1. The summed E-state index contributed by atoms with van der Waals surface area (Å²) in [4.78, 5) is 31.2. The molecular weight excluding hydrogens is 568 g/mol. The number of nitrogens with zero attached hydrogens (tertiary/aromatic N) is 2. The topological polar surface area (TPSA) is 83.5 Å². The predicted octanol–water partition coefficient (Wildman–Crippen LogP) is 8.82. The van der Waals surface area contributed by atoms with Crippen molar-refractivity contribution in [2.75, 3.05) is 5.32 Å². The highest BCUT2D eigenvalue weighted by Crippen LogP contribution is 2.29. The molecule has 0 aliphatic carbocycles. The van der Waals surface area contributed by atoms with Gasteiger partial charge >= 0.3 is 0 Å². The average Bonchev–Trinajstić information content (AvgIpc) is 3.03. The van der Waals surface area contributed by atoms with Crippen LogP contribution in [0.4, 0.5) is 5.69 Å². The summed E-state index contributed by atoms with van der Waals surface area (Å²) in [5.74, 6) is -0.581. The minimum Gasteiger partial charge on any atom is -0.322 e. The fourth-order valence-electron chi connectivity index (χ4n) is 4.87. The van der Waals surface area contributed by atoms with Crippen LogP contribution in [0.5, 0.6) is 0 Å². The first kappa shape index (κ1) is 30.6. The molecule has 0 spiro atoms.